The lowest BCUT2D eigenvalue weighted by atomic mass is 9.84. The normalized spacial score (nSPS) is 31.3. The van der Waals surface area contributed by atoms with Crippen LogP contribution in [0.25, 0.3) is 0 Å². The molecule has 0 amide bonds. The van der Waals surface area contributed by atoms with Gasteiger partial charge in [0.05, 0.1) is 5.41 Å². The average molecular weight is 340 g/mol. The zero-order valence-corrected chi connectivity index (χ0v) is 17.0. The quantitative estimate of drug-likeness (QED) is 0.680. The molecule has 3 radical (unpaired) electrons. The molecule has 0 aliphatic heterocycles. The van der Waals surface area contributed by atoms with Gasteiger partial charge in [0.25, 0.3) is 15.0 Å². The molecule has 3 nitrogen and oxygen atoms in total. The molecule has 3 atom stereocenters. The Morgan fingerprint density at radius 1 is 1.41 bits per heavy atom. The zero-order chi connectivity index (χ0) is 16.5. The Labute approximate surface area is 140 Å². The molecule has 0 saturated heterocycles. The van der Waals surface area contributed by atoms with Gasteiger partial charge in [0.15, 0.2) is 0 Å². The zero-order valence-electron chi connectivity index (χ0n) is 15.0. The van der Waals surface area contributed by atoms with Crippen molar-refractivity contribution < 1.29 is 13.6 Å². The van der Waals surface area contributed by atoms with Gasteiger partial charge in [0.2, 0.25) is 9.76 Å². The van der Waals surface area contributed by atoms with Crippen LogP contribution in [0.5, 0.6) is 0 Å². The summed E-state index contributed by atoms with van der Waals surface area (Å²) in [6, 6.07) is 1.01. The third-order valence-electron chi connectivity index (χ3n) is 4.79. The molecule has 22 heavy (non-hydrogen) atoms. The third kappa shape index (κ3) is 4.23. The summed E-state index contributed by atoms with van der Waals surface area (Å²) in [5.41, 5.74) is 0.407. The minimum absolute atomic E-state index is 0.0954. The second kappa shape index (κ2) is 6.77. The highest BCUT2D eigenvalue weighted by Gasteiger charge is 2.58. The second-order valence-corrected chi connectivity index (χ2v) is 11.8. The topological polar surface area (TPSA) is 35.5 Å². The van der Waals surface area contributed by atoms with Crippen LogP contribution < -0.4 is 0 Å². The van der Waals surface area contributed by atoms with E-state index < -0.39 is 9.04 Å². The lowest BCUT2D eigenvalue weighted by Crippen LogP contribution is -2.39. The SMILES string of the molecule is CC(C)O[Si]C1CC2CCC1(C(=O)O[Si](C)CC(C)(C)C)C2. The van der Waals surface area contributed by atoms with E-state index in [1.165, 1.54) is 6.42 Å². The number of hydrogen-bond acceptors (Lipinski definition) is 3. The fraction of sp³-hybridized carbons (Fsp3) is 0.941. The molecule has 2 aliphatic rings. The Bertz CT molecular complexity index is 405. The minimum Gasteiger partial charge on any atom is -0.517 e. The van der Waals surface area contributed by atoms with Crippen molar-refractivity contribution in [3.63, 3.8) is 0 Å². The van der Waals surface area contributed by atoms with Gasteiger partial charge < -0.3 is 8.85 Å². The fourth-order valence-corrected chi connectivity index (χ4v) is 7.56. The van der Waals surface area contributed by atoms with E-state index in [2.05, 4.69) is 41.2 Å². The molecule has 2 aliphatic carbocycles. The molecule has 2 fully saturated rings. The van der Waals surface area contributed by atoms with Crippen molar-refractivity contribution in [1.82, 2.24) is 0 Å². The minimum atomic E-state index is -1.05. The summed E-state index contributed by atoms with van der Waals surface area (Å²) in [7, 11) is -0.609. The summed E-state index contributed by atoms with van der Waals surface area (Å²) in [6.45, 7) is 12.9. The summed E-state index contributed by atoms with van der Waals surface area (Å²) in [5.74, 6) is 0.814. The monoisotopic (exact) mass is 339 g/mol. The standard InChI is InChI=1S/C17H31O3Si2/c1-12(2)19-21-14-9-13-7-8-17(14,10-13)15(18)20-22(6)11-16(3,4)5/h12-14H,7-11H2,1-6H3. The van der Waals surface area contributed by atoms with Gasteiger partial charge in [-0.1, -0.05) is 20.8 Å². The number of hydrogen-bond donors (Lipinski definition) is 0. The van der Waals surface area contributed by atoms with E-state index in [0.717, 1.165) is 31.2 Å². The summed E-state index contributed by atoms with van der Waals surface area (Å²) in [5, 5.41) is 0. The summed E-state index contributed by atoms with van der Waals surface area (Å²) >= 11 is 0. The maximum absolute atomic E-state index is 12.9. The summed E-state index contributed by atoms with van der Waals surface area (Å²) in [6.07, 6.45) is 4.65. The number of carbonyl (C=O) groups is 1. The first-order chi connectivity index (χ1) is 10.1. The maximum Gasteiger partial charge on any atom is 0.298 e. The van der Waals surface area contributed by atoms with Crippen molar-refractivity contribution >= 4 is 24.8 Å². The van der Waals surface area contributed by atoms with Gasteiger partial charge in [-0.05, 0) is 69.0 Å². The first-order valence-corrected chi connectivity index (χ1v) is 11.7. The van der Waals surface area contributed by atoms with Crippen molar-refractivity contribution in [3.8, 4) is 0 Å². The summed E-state index contributed by atoms with van der Waals surface area (Å²) in [4.78, 5) is 12.9. The van der Waals surface area contributed by atoms with Crippen molar-refractivity contribution in [2.24, 2.45) is 16.7 Å². The van der Waals surface area contributed by atoms with Crippen molar-refractivity contribution in [2.75, 3.05) is 0 Å². The van der Waals surface area contributed by atoms with E-state index in [9.17, 15) is 4.79 Å². The molecule has 2 rings (SSSR count). The van der Waals surface area contributed by atoms with Gasteiger partial charge in [0.1, 0.15) is 0 Å². The van der Waals surface area contributed by atoms with Crippen LogP contribution in [-0.4, -0.2) is 30.9 Å². The molecule has 125 valence electrons. The Morgan fingerprint density at radius 3 is 2.64 bits per heavy atom. The van der Waals surface area contributed by atoms with Gasteiger partial charge in [-0.2, -0.15) is 0 Å². The highest BCUT2D eigenvalue weighted by Crippen LogP contribution is 2.61. The third-order valence-corrected chi connectivity index (χ3v) is 8.56. The summed E-state index contributed by atoms with van der Waals surface area (Å²) < 4.78 is 11.8. The van der Waals surface area contributed by atoms with Crippen LogP contribution >= 0.6 is 0 Å². The van der Waals surface area contributed by atoms with E-state index in [1.54, 1.807) is 0 Å². The first-order valence-electron chi connectivity index (χ1n) is 8.58. The van der Waals surface area contributed by atoms with Crippen LogP contribution in [0.4, 0.5) is 0 Å². The van der Waals surface area contributed by atoms with Crippen LogP contribution in [0.15, 0.2) is 0 Å². The lowest BCUT2D eigenvalue weighted by molar-refractivity contribution is -0.146. The first kappa shape index (κ1) is 18.2. The van der Waals surface area contributed by atoms with Crippen LogP contribution in [0.3, 0.4) is 0 Å². The van der Waals surface area contributed by atoms with Gasteiger partial charge in [-0.3, -0.25) is 4.79 Å². The van der Waals surface area contributed by atoms with Gasteiger partial charge in [0, 0.05) is 6.10 Å². The highest BCUT2D eigenvalue weighted by molar-refractivity contribution is 6.52. The Kier molecular flexibility index (Phi) is 5.60. The Morgan fingerprint density at radius 2 is 2.09 bits per heavy atom. The van der Waals surface area contributed by atoms with Crippen LogP contribution in [0.2, 0.25) is 18.1 Å². The molecular formula is C17H31O3Si2. The number of fused-ring (bicyclic) bond motifs is 2. The van der Waals surface area contributed by atoms with E-state index in [-0.39, 0.29) is 22.9 Å². The van der Waals surface area contributed by atoms with Gasteiger partial charge >= 0.3 is 0 Å². The largest absolute Gasteiger partial charge is 0.517 e. The number of carbonyl (C=O) groups excluding carboxylic acids is 1. The molecule has 2 bridgehead atoms. The predicted molar refractivity (Wildman–Crippen MR) is 92.1 cm³/mol. The Balaban J connectivity index is 1.99. The van der Waals surface area contributed by atoms with Crippen LogP contribution in [0.1, 0.15) is 60.3 Å². The van der Waals surface area contributed by atoms with E-state index in [4.69, 9.17) is 8.85 Å². The highest BCUT2D eigenvalue weighted by atomic mass is 28.3. The smallest absolute Gasteiger partial charge is 0.298 e. The van der Waals surface area contributed by atoms with E-state index in [1.807, 2.05) is 0 Å². The molecule has 3 unspecified atom stereocenters. The fourth-order valence-electron chi connectivity index (χ4n) is 4.01. The molecule has 0 aromatic heterocycles. The van der Waals surface area contributed by atoms with E-state index in [0.29, 0.717) is 15.3 Å². The molecule has 0 spiro atoms. The van der Waals surface area contributed by atoms with E-state index >= 15 is 0 Å². The predicted octanol–water partition coefficient (Wildman–Crippen LogP) is 4.22. The van der Waals surface area contributed by atoms with Crippen molar-refractivity contribution in [3.05, 3.63) is 0 Å². The van der Waals surface area contributed by atoms with Gasteiger partial charge in [-0.25, -0.2) is 0 Å². The maximum atomic E-state index is 12.9. The lowest BCUT2D eigenvalue weighted by Gasteiger charge is -2.34. The van der Waals surface area contributed by atoms with Crippen LogP contribution in [-0.2, 0) is 13.6 Å². The van der Waals surface area contributed by atoms with Crippen molar-refractivity contribution in [1.29, 1.82) is 0 Å². The molecule has 0 N–H and O–H groups in total. The average Bonchev–Trinajstić information content (AvgIpc) is 2.92. The molecule has 0 aromatic carbocycles. The molecule has 5 heteroatoms. The Hall–Kier alpha value is -0.136. The van der Waals surface area contributed by atoms with Crippen molar-refractivity contribution in [2.45, 2.75) is 84.5 Å². The van der Waals surface area contributed by atoms with Gasteiger partial charge in [-0.15, -0.1) is 0 Å². The van der Waals surface area contributed by atoms with Crippen LogP contribution in [0, 0.1) is 16.7 Å². The number of rotatable bonds is 6. The molecule has 0 aromatic rings. The second-order valence-electron chi connectivity index (χ2n) is 8.67. The molecule has 2 saturated carbocycles. The molecular weight excluding hydrogens is 308 g/mol. The molecule has 0 heterocycles.